The molecule has 0 saturated heterocycles. The minimum absolute atomic E-state index is 0.224. The van der Waals surface area contributed by atoms with Crippen LogP contribution in [0.5, 0.6) is 0 Å². The predicted molar refractivity (Wildman–Crippen MR) is 110 cm³/mol. The van der Waals surface area contributed by atoms with Crippen LogP contribution in [0.4, 0.5) is 11.4 Å². The molecule has 0 saturated carbocycles. The summed E-state index contributed by atoms with van der Waals surface area (Å²) in [5.74, 6) is 0. The molecule has 3 aromatic rings. The van der Waals surface area contributed by atoms with Crippen molar-refractivity contribution in [3.63, 3.8) is 0 Å². The molecule has 1 aliphatic heterocycles. The van der Waals surface area contributed by atoms with Gasteiger partial charge in [-0.2, -0.15) is 5.10 Å². The van der Waals surface area contributed by atoms with Gasteiger partial charge in [-0.3, -0.25) is 5.01 Å². The maximum absolute atomic E-state index is 5.00. The van der Waals surface area contributed by atoms with Gasteiger partial charge in [-0.05, 0) is 35.4 Å². The summed E-state index contributed by atoms with van der Waals surface area (Å²) in [6.45, 7) is 0. The van der Waals surface area contributed by atoms with Crippen molar-refractivity contribution in [2.75, 3.05) is 24.0 Å². The van der Waals surface area contributed by atoms with Gasteiger partial charge in [0.1, 0.15) is 0 Å². The minimum atomic E-state index is 0.224. The maximum atomic E-state index is 5.00. The van der Waals surface area contributed by atoms with Gasteiger partial charge in [0.15, 0.2) is 0 Å². The van der Waals surface area contributed by atoms with Crippen molar-refractivity contribution in [2.24, 2.45) is 5.10 Å². The third-order valence-corrected chi connectivity index (χ3v) is 4.83. The molecule has 3 heteroatoms. The molecular formula is C23H23N3. The quantitative estimate of drug-likeness (QED) is 0.657. The van der Waals surface area contributed by atoms with Gasteiger partial charge < -0.3 is 4.90 Å². The van der Waals surface area contributed by atoms with Crippen LogP contribution >= 0.6 is 0 Å². The Labute approximate surface area is 155 Å². The van der Waals surface area contributed by atoms with Crippen molar-refractivity contribution in [2.45, 2.75) is 12.5 Å². The molecule has 0 spiro atoms. The van der Waals surface area contributed by atoms with E-state index in [1.54, 1.807) is 0 Å². The average molecular weight is 341 g/mol. The van der Waals surface area contributed by atoms with Gasteiger partial charge in [-0.15, -0.1) is 0 Å². The molecule has 0 unspecified atom stereocenters. The highest BCUT2D eigenvalue weighted by atomic mass is 15.5. The molecule has 0 aliphatic carbocycles. The molecule has 0 amide bonds. The van der Waals surface area contributed by atoms with Gasteiger partial charge in [-0.25, -0.2) is 0 Å². The van der Waals surface area contributed by atoms with E-state index in [4.69, 9.17) is 5.10 Å². The molecule has 0 fully saturated rings. The largest absolute Gasteiger partial charge is 0.378 e. The maximum Gasteiger partial charge on any atom is 0.0831 e. The van der Waals surface area contributed by atoms with Gasteiger partial charge in [0, 0.05) is 26.2 Å². The molecule has 0 aromatic heterocycles. The molecule has 130 valence electrons. The van der Waals surface area contributed by atoms with Crippen LogP contribution in [-0.2, 0) is 0 Å². The lowest BCUT2D eigenvalue weighted by Gasteiger charge is -2.23. The van der Waals surface area contributed by atoms with Crippen LogP contribution in [0.2, 0.25) is 0 Å². The van der Waals surface area contributed by atoms with Crippen LogP contribution in [0.1, 0.15) is 23.6 Å². The van der Waals surface area contributed by atoms with Crippen molar-refractivity contribution in [1.29, 1.82) is 0 Å². The predicted octanol–water partition coefficient (Wildman–Crippen LogP) is 5.11. The van der Waals surface area contributed by atoms with E-state index in [1.165, 1.54) is 16.8 Å². The van der Waals surface area contributed by atoms with E-state index in [0.717, 1.165) is 17.8 Å². The van der Waals surface area contributed by atoms with Gasteiger partial charge in [0.25, 0.3) is 0 Å². The first-order chi connectivity index (χ1) is 12.7. The summed E-state index contributed by atoms with van der Waals surface area (Å²) in [6.07, 6.45) is 0.903. The lowest BCUT2D eigenvalue weighted by Crippen LogP contribution is -2.18. The highest BCUT2D eigenvalue weighted by Gasteiger charge is 2.29. The summed E-state index contributed by atoms with van der Waals surface area (Å²) >= 11 is 0. The zero-order valence-corrected chi connectivity index (χ0v) is 15.2. The van der Waals surface area contributed by atoms with Crippen LogP contribution in [0.25, 0.3) is 0 Å². The average Bonchev–Trinajstić information content (AvgIpc) is 3.15. The molecule has 3 aromatic carbocycles. The smallest absolute Gasteiger partial charge is 0.0831 e. The topological polar surface area (TPSA) is 18.8 Å². The summed E-state index contributed by atoms with van der Waals surface area (Å²) in [4.78, 5) is 2.11. The zero-order chi connectivity index (χ0) is 17.9. The summed E-state index contributed by atoms with van der Waals surface area (Å²) in [7, 11) is 4.12. The van der Waals surface area contributed by atoms with E-state index < -0.39 is 0 Å². The highest BCUT2D eigenvalue weighted by Crippen LogP contribution is 2.36. The summed E-state index contributed by atoms with van der Waals surface area (Å²) in [5, 5.41) is 7.15. The minimum Gasteiger partial charge on any atom is -0.378 e. The molecule has 0 bridgehead atoms. The summed E-state index contributed by atoms with van der Waals surface area (Å²) < 4.78 is 0. The van der Waals surface area contributed by atoms with Crippen LogP contribution < -0.4 is 9.91 Å². The van der Waals surface area contributed by atoms with E-state index in [1.807, 2.05) is 6.07 Å². The molecule has 3 nitrogen and oxygen atoms in total. The van der Waals surface area contributed by atoms with Crippen LogP contribution in [0.15, 0.2) is 90.0 Å². The fourth-order valence-electron chi connectivity index (χ4n) is 3.39. The summed E-state index contributed by atoms with van der Waals surface area (Å²) in [6, 6.07) is 29.9. The second-order valence-electron chi connectivity index (χ2n) is 6.80. The Kier molecular flexibility index (Phi) is 4.44. The summed E-state index contributed by atoms with van der Waals surface area (Å²) in [5.41, 5.74) is 5.94. The van der Waals surface area contributed by atoms with Crippen molar-refractivity contribution >= 4 is 17.1 Å². The number of hydrazone groups is 1. The molecular weight excluding hydrogens is 318 g/mol. The van der Waals surface area contributed by atoms with Crippen LogP contribution in [0, 0.1) is 0 Å². The SMILES string of the molecule is CN(C)c1ccc(C2=NN(c3ccccc3)[C@@H](c3ccccc3)C2)cc1. The third-order valence-electron chi connectivity index (χ3n) is 4.83. The number of para-hydroxylation sites is 1. The second-order valence-corrected chi connectivity index (χ2v) is 6.80. The Bertz CT molecular complexity index is 884. The normalized spacial score (nSPS) is 16.5. The first kappa shape index (κ1) is 16.4. The molecule has 1 aliphatic rings. The number of nitrogens with zero attached hydrogens (tertiary/aromatic N) is 3. The number of hydrogen-bond donors (Lipinski definition) is 0. The molecule has 4 rings (SSSR count). The van der Waals surface area contributed by atoms with Crippen LogP contribution in [0.3, 0.4) is 0 Å². The van der Waals surface area contributed by atoms with Gasteiger partial charge >= 0.3 is 0 Å². The zero-order valence-electron chi connectivity index (χ0n) is 15.2. The Morgan fingerprint density at radius 2 is 1.42 bits per heavy atom. The Morgan fingerprint density at radius 1 is 0.808 bits per heavy atom. The molecule has 0 radical (unpaired) electrons. The molecule has 1 heterocycles. The standard InChI is InChI=1S/C23H23N3/c1-25(2)20-15-13-18(14-16-20)22-17-23(19-9-5-3-6-10-19)26(24-22)21-11-7-4-8-12-21/h3-16,23H,17H2,1-2H3/t23-/m1/s1. The van der Waals surface area contributed by atoms with Crippen molar-refractivity contribution in [3.05, 3.63) is 96.1 Å². The van der Waals surface area contributed by atoms with Crippen molar-refractivity contribution in [3.8, 4) is 0 Å². The first-order valence-electron chi connectivity index (χ1n) is 8.97. The fraction of sp³-hybridized carbons (Fsp3) is 0.174. The van der Waals surface area contributed by atoms with E-state index in [2.05, 4.69) is 103 Å². The second kappa shape index (κ2) is 7.04. The fourth-order valence-corrected chi connectivity index (χ4v) is 3.39. The Balaban J connectivity index is 1.70. The number of rotatable bonds is 4. The van der Waals surface area contributed by atoms with E-state index in [-0.39, 0.29) is 6.04 Å². The number of hydrogen-bond acceptors (Lipinski definition) is 3. The lowest BCUT2D eigenvalue weighted by molar-refractivity contribution is 0.709. The van der Waals surface area contributed by atoms with Crippen molar-refractivity contribution < 1.29 is 0 Å². The number of anilines is 2. The van der Waals surface area contributed by atoms with Crippen molar-refractivity contribution in [1.82, 2.24) is 0 Å². The molecule has 0 N–H and O–H groups in total. The van der Waals surface area contributed by atoms with E-state index >= 15 is 0 Å². The lowest BCUT2D eigenvalue weighted by atomic mass is 9.98. The highest BCUT2D eigenvalue weighted by molar-refractivity contribution is 6.03. The third kappa shape index (κ3) is 3.21. The monoisotopic (exact) mass is 341 g/mol. The Morgan fingerprint density at radius 3 is 2.04 bits per heavy atom. The molecule has 26 heavy (non-hydrogen) atoms. The van der Waals surface area contributed by atoms with Gasteiger partial charge in [0.2, 0.25) is 0 Å². The number of benzene rings is 3. The van der Waals surface area contributed by atoms with E-state index in [9.17, 15) is 0 Å². The van der Waals surface area contributed by atoms with Gasteiger partial charge in [0.05, 0.1) is 17.4 Å². The van der Waals surface area contributed by atoms with E-state index in [0.29, 0.717) is 0 Å². The Hall–Kier alpha value is -3.07. The van der Waals surface area contributed by atoms with Gasteiger partial charge in [-0.1, -0.05) is 60.7 Å². The first-order valence-corrected chi connectivity index (χ1v) is 8.97. The van der Waals surface area contributed by atoms with Crippen LogP contribution in [-0.4, -0.2) is 19.8 Å². The molecule has 1 atom stereocenters.